The van der Waals surface area contributed by atoms with E-state index in [9.17, 15) is 0 Å². The second-order valence-electron chi connectivity index (χ2n) is 2.37. The molecule has 0 fully saturated rings. The zero-order valence-electron chi connectivity index (χ0n) is 8.28. The molecule has 0 atom stereocenters. The highest BCUT2D eigenvalue weighted by molar-refractivity contribution is 5.69. The number of aromatic amines is 1. The second-order valence-corrected chi connectivity index (χ2v) is 2.37. The molecule has 4 heteroatoms. The molecule has 0 radical (unpaired) electrons. The molecular formula is C10H12N4. The van der Waals surface area contributed by atoms with Crippen LogP contribution >= 0.6 is 0 Å². The van der Waals surface area contributed by atoms with Crippen LogP contribution in [0, 0.1) is 6.57 Å². The predicted molar refractivity (Wildman–Crippen MR) is 55.5 cm³/mol. The van der Waals surface area contributed by atoms with Gasteiger partial charge in [0.15, 0.2) is 11.5 Å². The van der Waals surface area contributed by atoms with Crippen LogP contribution in [0.5, 0.6) is 0 Å². The summed E-state index contributed by atoms with van der Waals surface area (Å²) in [5.74, 6) is 0.679. The maximum absolute atomic E-state index is 6.66. The fourth-order valence-corrected chi connectivity index (χ4v) is 1.04. The van der Waals surface area contributed by atoms with Gasteiger partial charge in [-0.3, -0.25) is 0 Å². The van der Waals surface area contributed by atoms with Crippen LogP contribution in [-0.2, 0) is 6.54 Å². The normalized spacial score (nSPS) is 8.93. The van der Waals surface area contributed by atoms with Gasteiger partial charge in [0.05, 0.1) is 5.52 Å². The molecule has 0 saturated carbocycles. The number of nitrogens with zero attached hydrogens (tertiary/aromatic N) is 3. The molecule has 0 saturated heterocycles. The topological polar surface area (TPSA) is 45.9 Å². The lowest BCUT2D eigenvalue weighted by molar-refractivity contribution is 1.06. The van der Waals surface area contributed by atoms with Crippen molar-refractivity contribution in [2.75, 3.05) is 0 Å². The number of hydrogen-bond donors (Lipinski definition) is 1. The summed E-state index contributed by atoms with van der Waals surface area (Å²) in [5.41, 5.74) is 1.56. The summed E-state index contributed by atoms with van der Waals surface area (Å²) in [4.78, 5) is 14.4. The van der Waals surface area contributed by atoms with E-state index in [1.165, 1.54) is 0 Å². The summed E-state index contributed by atoms with van der Waals surface area (Å²) in [6.07, 6.45) is 1.69. The Kier molecular flexibility index (Phi) is 3.62. The summed E-state index contributed by atoms with van der Waals surface area (Å²) < 4.78 is 0. The molecular weight excluding hydrogens is 176 g/mol. The van der Waals surface area contributed by atoms with Gasteiger partial charge in [-0.15, -0.1) is 0 Å². The Hall–Kier alpha value is -1.89. The van der Waals surface area contributed by atoms with Crippen molar-refractivity contribution in [3.63, 3.8) is 0 Å². The summed E-state index contributed by atoms with van der Waals surface area (Å²) in [7, 11) is 0. The zero-order valence-corrected chi connectivity index (χ0v) is 8.28. The molecule has 0 aliphatic rings. The van der Waals surface area contributed by atoms with Crippen molar-refractivity contribution in [1.29, 1.82) is 0 Å². The number of imidazole rings is 1. The average molecular weight is 188 g/mol. The molecule has 0 aliphatic carbocycles. The molecule has 0 amide bonds. The third-order valence-corrected chi connectivity index (χ3v) is 1.54. The van der Waals surface area contributed by atoms with Crippen molar-refractivity contribution in [3.05, 3.63) is 35.6 Å². The van der Waals surface area contributed by atoms with Crippen molar-refractivity contribution in [2.24, 2.45) is 0 Å². The maximum Gasteiger partial charge on any atom is 0.271 e. The first-order valence-electron chi connectivity index (χ1n) is 4.53. The van der Waals surface area contributed by atoms with Crippen LogP contribution in [0.3, 0.4) is 0 Å². The summed E-state index contributed by atoms with van der Waals surface area (Å²) in [5, 5.41) is 0. The number of fused-ring (bicyclic) bond motifs is 1. The second kappa shape index (κ2) is 4.97. The van der Waals surface area contributed by atoms with E-state index in [-0.39, 0.29) is 6.54 Å². The SMILES string of the molecule is CC.[C-]#[N+]Cc1nc2ncccc2[nH]1. The van der Waals surface area contributed by atoms with Gasteiger partial charge in [-0.2, -0.15) is 0 Å². The lowest BCUT2D eigenvalue weighted by Gasteiger charge is -1.80. The number of hydrogen-bond acceptors (Lipinski definition) is 2. The highest BCUT2D eigenvalue weighted by Crippen LogP contribution is 2.07. The van der Waals surface area contributed by atoms with Crippen LogP contribution in [-0.4, -0.2) is 15.0 Å². The third kappa shape index (κ3) is 2.07. The van der Waals surface area contributed by atoms with E-state index in [4.69, 9.17) is 6.57 Å². The minimum Gasteiger partial charge on any atom is -0.334 e. The monoisotopic (exact) mass is 188 g/mol. The zero-order chi connectivity index (χ0) is 10.4. The molecule has 4 nitrogen and oxygen atoms in total. The minimum absolute atomic E-state index is 0.288. The van der Waals surface area contributed by atoms with Gasteiger partial charge < -0.3 is 9.83 Å². The quantitative estimate of drug-likeness (QED) is 0.698. The van der Waals surface area contributed by atoms with Crippen LogP contribution in [0.1, 0.15) is 19.7 Å². The van der Waals surface area contributed by atoms with Gasteiger partial charge in [-0.05, 0) is 12.1 Å². The molecule has 0 bridgehead atoms. The molecule has 72 valence electrons. The Morgan fingerprint density at radius 2 is 2.29 bits per heavy atom. The first kappa shape index (κ1) is 10.2. The smallest absolute Gasteiger partial charge is 0.271 e. The molecule has 1 N–H and O–H groups in total. The molecule has 0 aliphatic heterocycles. The summed E-state index contributed by atoms with van der Waals surface area (Å²) in [6.45, 7) is 10.9. The van der Waals surface area contributed by atoms with Gasteiger partial charge in [-0.25, -0.2) is 16.5 Å². The van der Waals surface area contributed by atoms with E-state index in [1.807, 2.05) is 26.0 Å². The van der Waals surface area contributed by atoms with Crippen LogP contribution in [0.4, 0.5) is 0 Å². The van der Waals surface area contributed by atoms with E-state index >= 15 is 0 Å². The molecule has 0 spiro atoms. The lowest BCUT2D eigenvalue weighted by Crippen LogP contribution is -1.80. The van der Waals surface area contributed by atoms with Gasteiger partial charge in [0.1, 0.15) is 0 Å². The summed E-state index contributed by atoms with van der Waals surface area (Å²) in [6, 6.07) is 3.73. The van der Waals surface area contributed by atoms with Crippen molar-refractivity contribution < 1.29 is 0 Å². The van der Waals surface area contributed by atoms with Crippen LogP contribution in [0.25, 0.3) is 16.0 Å². The highest BCUT2D eigenvalue weighted by Gasteiger charge is 2.03. The largest absolute Gasteiger partial charge is 0.334 e. The van der Waals surface area contributed by atoms with Gasteiger partial charge >= 0.3 is 0 Å². The molecule has 2 heterocycles. The number of pyridine rings is 1. The van der Waals surface area contributed by atoms with E-state index in [0.29, 0.717) is 11.5 Å². The number of nitrogens with one attached hydrogen (secondary N) is 1. The van der Waals surface area contributed by atoms with Crippen molar-refractivity contribution in [2.45, 2.75) is 20.4 Å². The standard InChI is InChI=1S/C8H6N4.C2H6/c1-9-5-7-11-6-3-2-4-10-8(6)12-7;1-2/h2-4H,5H2,(H,10,11,12);1-2H3. The van der Waals surface area contributed by atoms with E-state index in [0.717, 1.165) is 5.52 Å². The first-order valence-corrected chi connectivity index (χ1v) is 4.53. The van der Waals surface area contributed by atoms with Crippen LogP contribution in [0.2, 0.25) is 0 Å². The molecule has 0 aromatic carbocycles. The average Bonchev–Trinajstić information content (AvgIpc) is 2.63. The van der Waals surface area contributed by atoms with Crippen molar-refractivity contribution in [3.8, 4) is 0 Å². The molecule has 14 heavy (non-hydrogen) atoms. The van der Waals surface area contributed by atoms with E-state index in [2.05, 4.69) is 19.8 Å². The summed E-state index contributed by atoms with van der Waals surface area (Å²) >= 11 is 0. The van der Waals surface area contributed by atoms with Crippen molar-refractivity contribution in [1.82, 2.24) is 15.0 Å². The third-order valence-electron chi connectivity index (χ3n) is 1.54. The maximum atomic E-state index is 6.66. The Labute approximate surface area is 82.8 Å². The van der Waals surface area contributed by atoms with E-state index < -0.39 is 0 Å². The fourth-order valence-electron chi connectivity index (χ4n) is 1.04. The Balaban J connectivity index is 0.000000461. The van der Waals surface area contributed by atoms with Crippen molar-refractivity contribution >= 4 is 11.2 Å². The fraction of sp³-hybridized carbons (Fsp3) is 0.300. The number of aromatic nitrogens is 3. The van der Waals surface area contributed by atoms with Gasteiger partial charge in [0.2, 0.25) is 0 Å². The van der Waals surface area contributed by atoms with Gasteiger partial charge in [0, 0.05) is 6.20 Å². The molecule has 2 rings (SSSR count). The van der Waals surface area contributed by atoms with Crippen LogP contribution < -0.4 is 0 Å². The van der Waals surface area contributed by atoms with Crippen LogP contribution in [0.15, 0.2) is 18.3 Å². The minimum atomic E-state index is 0.288. The number of H-pyrrole nitrogens is 1. The molecule has 2 aromatic heterocycles. The predicted octanol–water partition coefficient (Wildman–Crippen LogP) is 2.40. The number of rotatable bonds is 1. The van der Waals surface area contributed by atoms with Gasteiger partial charge in [0.25, 0.3) is 6.54 Å². The first-order chi connectivity index (χ1) is 6.90. The molecule has 2 aromatic rings. The highest BCUT2D eigenvalue weighted by atomic mass is 15.0. The Morgan fingerprint density at radius 1 is 1.50 bits per heavy atom. The van der Waals surface area contributed by atoms with E-state index in [1.54, 1.807) is 6.20 Å². The van der Waals surface area contributed by atoms with Gasteiger partial charge in [-0.1, -0.05) is 13.8 Å². The lowest BCUT2D eigenvalue weighted by atomic mass is 10.4. The molecule has 0 unspecified atom stereocenters. The Morgan fingerprint density at radius 3 is 2.93 bits per heavy atom. The Bertz CT molecular complexity index is 406.